The number of nitro benzene ring substituents is 1. The van der Waals surface area contributed by atoms with E-state index in [1.807, 2.05) is 11.8 Å². The van der Waals surface area contributed by atoms with E-state index in [2.05, 4.69) is 5.32 Å². The first-order chi connectivity index (χ1) is 11.0. The molecule has 1 aliphatic rings. The molecule has 1 aromatic rings. The van der Waals surface area contributed by atoms with Gasteiger partial charge in [-0.3, -0.25) is 14.9 Å². The van der Waals surface area contributed by atoms with Gasteiger partial charge in [0.05, 0.1) is 4.92 Å². The average molecular weight is 320 g/mol. The molecule has 0 radical (unpaired) electrons. The van der Waals surface area contributed by atoms with Gasteiger partial charge in [-0.2, -0.15) is 0 Å². The number of carbonyl (C=O) groups excluding carboxylic acids is 1. The largest absolute Gasteiger partial charge is 0.379 e. The average Bonchev–Trinajstić information content (AvgIpc) is 2.55. The normalized spacial score (nSPS) is 19.2. The molecule has 1 aromatic carbocycles. The van der Waals surface area contributed by atoms with Crippen molar-refractivity contribution >= 4 is 17.3 Å². The predicted molar refractivity (Wildman–Crippen MR) is 89.2 cm³/mol. The summed E-state index contributed by atoms with van der Waals surface area (Å²) < 4.78 is 0. The third kappa shape index (κ3) is 4.41. The van der Waals surface area contributed by atoms with Crippen LogP contribution in [0.15, 0.2) is 24.3 Å². The Hall–Kier alpha value is -2.15. The molecule has 3 N–H and O–H groups in total. The van der Waals surface area contributed by atoms with E-state index >= 15 is 0 Å². The van der Waals surface area contributed by atoms with Gasteiger partial charge in [-0.25, -0.2) is 0 Å². The van der Waals surface area contributed by atoms with Gasteiger partial charge in [0.15, 0.2) is 0 Å². The molecule has 23 heavy (non-hydrogen) atoms. The van der Waals surface area contributed by atoms with Crippen molar-refractivity contribution in [3.8, 4) is 0 Å². The molecule has 7 nitrogen and oxygen atoms in total. The van der Waals surface area contributed by atoms with Crippen molar-refractivity contribution in [2.45, 2.75) is 44.7 Å². The lowest BCUT2D eigenvalue weighted by molar-refractivity contribution is -0.384. The topological polar surface area (TPSA) is 102 Å². The minimum Gasteiger partial charge on any atom is -0.379 e. The number of likely N-dealkylation sites (tertiary alicyclic amines) is 1. The van der Waals surface area contributed by atoms with Crippen LogP contribution < -0.4 is 11.1 Å². The number of amides is 1. The van der Waals surface area contributed by atoms with Crippen molar-refractivity contribution in [3.63, 3.8) is 0 Å². The van der Waals surface area contributed by atoms with Crippen LogP contribution in [-0.2, 0) is 4.79 Å². The number of carbonyl (C=O) groups is 1. The van der Waals surface area contributed by atoms with Gasteiger partial charge in [-0.05, 0) is 32.3 Å². The number of benzene rings is 1. The molecule has 1 heterocycles. The van der Waals surface area contributed by atoms with Crippen LogP contribution in [0.4, 0.5) is 11.4 Å². The first kappa shape index (κ1) is 17.2. The van der Waals surface area contributed by atoms with Crippen molar-refractivity contribution in [3.05, 3.63) is 34.4 Å². The summed E-state index contributed by atoms with van der Waals surface area (Å²) >= 11 is 0. The van der Waals surface area contributed by atoms with Gasteiger partial charge >= 0.3 is 0 Å². The van der Waals surface area contributed by atoms with E-state index in [0.29, 0.717) is 18.7 Å². The highest BCUT2D eigenvalue weighted by Gasteiger charge is 2.28. The summed E-state index contributed by atoms with van der Waals surface area (Å²) in [4.78, 5) is 24.8. The van der Waals surface area contributed by atoms with Crippen molar-refractivity contribution in [2.75, 3.05) is 18.4 Å². The molecule has 2 atom stereocenters. The minimum atomic E-state index is -0.430. The quantitative estimate of drug-likeness (QED) is 0.617. The van der Waals surface area contributed by atoms with Crippen molar-refractivity contribution in [1.29, 1.82) is 0 Å². The molecule has 0 aromatic heterocycles. The Labute approximate surface area is 136 Å². The van der Waals surface area contributed by atoms with E-state index in [0.717, 1.165) is 25.8 Å². The van der Waals surface area contributed by atoms with E-state index in [-0.39, 0.29) is 23.7 Å². The molecule has 1 aliphatic heterocycles. The number of hydrogen-bond donors (Lipinski definition) is 2. The Kier molecular flexibility index (Phi) is 5.92. The highest BCUT2D eigenvalue weighted by atomic mass is 16.6. The minimum absolute atomic E-state index is 0.0198. The van der Waals surface area contributed by atoms with Gasteiger partial charge in [-0.1, -0.05) is 12.1 Å². The monoisotopic (exact) mass is 320 g/mol. The third-order valence-corrected chi connectivity index (χ3v) is 4.23. The zero-order chi connectivity index (χ0) is 16.8. The number of nitrogens with one attached hydrogen (secondary N) is 1. The number of nitrogens with two attached hydrogens (primary N) is 1. The first-order valence-corrected chi connectivity index (χ1v) is 8.03. The summed E-state index contributed by atoms with van der Waals surface area (Å²) in [6.07, 6.45) is 3.35. The molecule has 0 aliphatic carbocycles. The summed E-state index contributed by atoms with van der Waals surface area (Å²) in [5.41, 5.74) is 6.44. The van der Waals surface area contributed by atoms with Crippen LogP contribution in [0.1, 0.15) is 32.6 Å². The number of rotatable bonds is 6. The van der Waals surface area contributed by atoms with Crippen LogP contribution in [0.3, 0.4) is 0 Å². The molecule has 0 saturated carbocycles. The number of nitrogens with zero attached hydrogens (tertiary/aromatic N) is 2. The van der Waals surface area contributed by atoms with Gasteiger partial charge < -0.3 is 16.0 Å². The summed E-state index contributed by atoms with van der Waals surface area (Å²) in [5.74, 6) is 0.0538. The van der Waals surface area contributed by atoms with Gasteiger partial charge in [0.2, 0.25) is 5.91 Å². The summed E-state index contributed by atoms with van der Waals surface area (Å²) in [5, 5.41) is 13.9. The Morgan fingerprint density at radius 2 is 2.22 bits per heavy atom. The van der Waals surface area contributed by atoms with Gasteiger partial charge in [-0.15, -0.1) is 0 Å². The molecule has 1 amide bonds. The fourth-order valence-electron chi connectivity index (χ4n) is 3.04. The number of piperidine rings is 1. The highest BCUT2D eigenvalue weighted by Crippen LogP contribution is 2.23. The highest BCUT2D eigenvalue weighted by molar-refractivity contribution is 5.77. The van der Waals surface area contributed by atoms with E-state index in [9.17, 15) is 14.9 Å². The fraction of sp³-hybridized carbons (Fsp3) is 0.562. The van der Waals surface area contributed by atoms with Crippen molar-refractivity contribution < 1.29 is 9.72 Å². The van der Waals surface area contributed by atoms with Crippen LogP contribution in [-0.4, -0.2) is 40.9 Å². The Morgan fingerprint density at radius 3 is 2.91 bits per heavy atom. The molecule has 126 valence electrons. The van der Waals surface area contributed by atoms with E-state index in [1.54, 1.807) is 18.2 Å². The lowest BCUT2D eigenvalue weighted by Gasteiger charge is -2.38. The Bertz CT molecular complexity index is 562. The van der Waals surface area contributed by atoms with E-state index in [4.69, 9.17) is 5.73 Å². The smallest absolute Gasteiger partial charge is 0.292 e. The molecule has 2 unspecified atom stereocenters. The maximum Gasteiger partial charge on any atom is 0.292 e. The third-order valence-electron chi connectivity index (χ3n) is 4.23. The van der Waals surface area contributed by atoms with Crippen LogP contribution >= 0.6 is 0 Å². The van der Waals surface area contributed by atoms with Gasteiger partial charge in [0.25, 0.3) is 5.69 Å². The van der Waals surface area contributed by atoms with Crippen LogP contribution in [0.25, 0.3) is 0 Å². The van der Waals surface area contributed by atoms with Gasteiger partial charge in [0.1, 0.15) is 5.69 Å². The summed E-state index contributed by atoms with van der Waals surface area (Å²) in [6, 6.07) is 6.50. The number of para-hydroxylation sites is 2. The zero-order valence-electron chi connectivity index (χ0n) is 13.4. The van der Waals surface area contributed by atoms with Crippen LogP contribution in [0.2, 0.25) is 0 Å². The number of anilines is 1. The second-order valence-corrected chi connectivity index (χ2v) is 5.96. The van der Waals surface area contributed by atoms with Crippen LogP contribution in [0, 0.1) is 10.1 Å². The summed E-state index contributed by atoms with van der Waals surface area (Å²) in [7, 11) is 0. The molecule has 0 spiro atoms. The standard InChI is InChI=1S/C16H24N4O3/c1-12(17)14-7-4-5-11-19(14)16(21)9-10-18-13-6-2-3-8-15(13)20(22)23/h2-3,6,8,12,14,18H,4-5,7,9-11,17H2,1H3. The maximum atomic E-state index is 12.4. The molecular formula is C16H24N4O3. The lowest BCUT2D eigenvalue weighted by atomic mass is 9.96. The maximum absolute atomic E-state index is 12.4. The fourth-order valence-corrected chi connectivity index (χ4v) is 3.04. The molecule has 1 saturated heterocycles. The van der Waals surface area contributed by atoms with Crippen molar-refractivity contribution in [2.24, 2.45) is 5.73 Å². The molecule has 1 fully saturated rings. The van der Waals surface area contributed by atoms with E-state index < -0.39 is 4.92 Å². The zero-order valence-corrected chi connectivity index (χ0v) is 13.4. The predicted octanol–water partition coefficient (Wildman–Crippen LogP) is 2.13. The first-order valence-electron chi connectivity index (χ1n) is 8.03. The van der Waals surface area contributed by atoms with Crippen molar-refractivity contribution in [1.82, 2.24) is 4.90 Å². The summed E-state index contributed by atoms with van der Waals surface area (Å²) in [6.45, 7) is 3.05. The van der Waals surface area contributed by atoms with Crippen LogP contribution in [0.5, 0.6) is 0 Å². The number of nitro groups is 1. The lowest BCUT2D eigenvalue weighted by Crippen LogP contribution is -2.51. The molecule has 0 bridgehead atoms. The SMILES string of the molecule is CC(N)C1CCCCN1C(=O)CCNc1ccccc1[N+](=O)[O-]. The Morgan fingerprint density at radius 1 is 1.48 bits per heavy atom. The second kappa shape index (κ2) is 7.92. The van der Waals surface area contributed by atoms with Gasteiger partial charge in [0, 0.05) is 37.7 Å². The molecule has 7 heteroatoms. The Balaban J connectivity index is 1.91. The second-order valence-electron chi connectivity index (χ2n) is 5.96. The molecule has 2 rings (SSSR count). The molecular weight excluding hydrogens is 296 g/mol. The number of hydrogen-bond acceptors (Lipinski definition) is 5. The van der Waals surface area contributed by atoms with E-state index in [1.165, 1.54) is 6.07 Å².